The highest BCUT2D eigenvalue weighted by atomic mass is 35.5. The van der Waals surface area contributed by atoms with Gasteiger partial charge in [-0.15, -0.1) is 0 Å². The predicted molar refractivity (Wildman–Crippen MR) is 83.3 cm³/mol. The van der Waals surface area contributed by atoms with Gasteiger partial charge in [0.1, 0.15) is 0 Å². The van der Waals surface area contributed by atoms with Crippen molar-refractivity contribution in [2.45, 2.75) is 13.5 Å². The van der Waals surface area contributed by atoms with Gasteiger partial charge in [-0.25, -0.2) is 0 Å². The molecular weight excluding hydrogens is 256 g/mol. The van der Waals surface area contributed by atoms with Crippen molar-refractivity contribution in [3.63, 3.8) is 0 Å². The van der Waals surface area contributed by atoms with Crippen LogP contribution in [0.3, 0.4) is 0 Å². The molecule has 100 valence electrons. The number of rotatable bonds is 5. The third-order valence-corrected chi connectivity index (χ3v) is 3.35. The summed E-state index contributed by atoms with van der Waals surface area (Å²) >= 11 is 6.10. The van der Waals surface area contributed by atoms with Crippen LogP contribution in [0, 0.1) is 0 Å². The van der Waals surface area contributed by atoms with Crippen LogP contribution in [0.5, 0.6) is 0 Å². The van der Waals surface area contributed by atoms with E-state index >= 15 is 0 Å². The first-order valence-electron chi connectivity index (χ1n) is 6.50. The molecule has 0 atom stereocenters. The van der Waals surface area contributed by atoms with Gasteiger partial charge in [0.2, 0.25) is 0 Å². The Morgan fingerprint density at radius 3 is 2.53 bits per heavy atom. The summed E-state index contributed by atoms with van der Waals surface area (Å²) in [6, 6.07) is 16.4. The molecule has 0 unspecified atom stereocenters. The number of anilines is 2. The summed E-state index contributed by atoms with van der Waals surface area (Å²) in [6.45, 7) is 3.87. The second-order valence-corrected chi connectivity index (χ2v) is 4.88. The monoisotopic (exact) mass is 274 g/mol. The van der Waals surface area contributed by atoms with Crippen LogP contribution in [0.1, 0.15) is 12.5 Å². The quantitative estimate of drug-likeness (QED) is 0.878. The van der Waals surface area contributed by atoms with E-state index in [1.54, 1.807) is 0 Å². The van der Waals surface area contributed by atoms with E-state index in [0.29, 0.717) is 0 Å². The lowest BCUT2D eigenvalue weighted by molar-refractivity contribution is 0.726. The van der Waals surface area contributed by atoms with Gasteiger partial charge in [-0.2, -0.15) is 0 Å². The van der Waals surface area contributed by atoms with E-state index < -0.39 is 0 Å². The maximum atomic E-state index is 6.10. The van der Waals surface area contributed by atoms with Crippen molar-refractivity contribution in [2.24, 2.45) is 0 Å². The highest BCUT2D eigenvalue weighted by Crippen LogP contribution is 2.29. The maximum absolute atomic E-state index is 6.10. The average molecular weight is 275 g/mol. The molecule has 0 aliphatic carbocycles. The lowest BCUT2D eigenvalue weighted by Gasteiger charge is -2.23. The molecule has 0 aliphatic heterocycles. The summed E-state index contributed by atoms with van der Waals surface area (Å²) in [7, 11) is 2.08. The highest BCUT2D eigenvalue weighted by molar-refractivity contribution is 6.30. The van der Waals surface area contributed by atoms with Crippen molar-refractivity contribution in [3.05, 3.63) is 59.1 Å². The maximum Gasteiger partial charge on any atom is 0.0454 e. The van der Waals surface area contributed by atoms with Gasteiger partial charge in [0.25, 0.3) is 0 Å². The summed E-state index contributed by atoms with van der Waals surface area (Å²) in [5, 5.41) is 4.13. The van der Waals surface area contributed by atoms with Crippen molar-refractivity contribution in [1.82, 2.24) is 5.32 Å². The van der Waals surface area contributed by atoms with E-state index in [0.717, 1.165) is 18.1 Å². The summed E-state index contributed by atoms with van der Waals surface area (Å²) in [5.74, 6) is 0. The molecule has 0 amide bonds. The minimum atomic E-state index is 0.776. The van der Waals surface area contributed by atoms with E-state index in [9.17, 15) is 0 Å². The number of hydrogen-bond donors (Lipinski definition) is 1. The molecule has 0 saturated heterocycles. The normalized spacial score (nSPS) is 10.5. The number of nitrogens with one attached hydrogen (secondary N) is 1. The van der Waals surface area contributed by atoms with E-state index in [2.05, 4.69) is 42.4 Å². The average Bonchev–Trinajstić information content (AvgIpc) is 2.45. The second-order valence-electron chi connectivity index (χ2n) is 4.45. The smallest absolute Gasteiger partial charge is 0.0454 e. The summed E-state index contributed by atoms with van der Waals surface area (Å²) in [5.41, 5.74) is 3.56. The number of halogens is 1. The van der Waals surface area contributed by atoms with Gasteiger partial charge >= 0.3 is 0 Å². The van der Waals surface area contributed by atoms with Crippen LogP contribution in [0.15, 0.2) is 48.5 Å². The Bertz CT molecular complexity index is 526. The van der Waals surface area contributed by atoms with Gasteiger partial charge in [0.15, 0.2) is 0 Å². The first kappa shape index (κ1) is 13.9. The zero-order valence-electron chi connectivity index (χ0n) is 11.4. The predicted octanol–water partition coefficient (Wildman–Crippen LogP) is 4.22. The van der Waals surface area contributed by atoms with Gasteiger partial charge in [-0.3, -0.25) is 0 Å². The number of benzene rings is 2. The van der Waals surface area contributed by atoms with Crippen LogP contribution in [0.25, 0.3) is 0 Å². The molecule has 0 saturated carbocycles. The molecule has 0 spiro atoms. The molecule has 2 aromatic rings. The van der Waals surface area contributed by atoms with Gasteiger partial charge in [-0.1, -0.05) is 36.7 Å². The molecule has 0 fully saturated rings. The molecule has 0 bridgehead atoms. The van der Waals surface area contributed by atoms with E-state index in [-0.39, 0.29) is 0 Å². The van der Waals surface area contributed by atoms with Crippen molar-refractivity contribution in [3.8, 4) is 0 Å². The van der Waals surface area contributed by atoms with Gasteiger partial charge in [-0.05, 0) is 42.4 Å². The zero-order chi connectivity index (χ0) is 13.7. The van der Waals surface area contributed by atoms with Crippen molar-refractivity contribution < 1.29 is 0 Å². The molecule has 2 rings (SSSR count). The molecule has 1 N–H and O–H groups in total. The molecule has 0 heterocycles. The van der Waals surface area contributed by atoms with E-state index in [4.69, 9.17) is 11.6 Å². The second kappa shape index (κ2) is 6.60. The van der Waals surface area contributed by atoms with Gasteiger partial charge < -0.3 is 10.2 Å². The number of nitrogens with zero attached hydrogens (tertiary/aromatic N) is 1. The Labute approximate surface area is 120 Å². The first-order chi connectivity index (χ1) is 9.22. The topological polar surface area (TPSA) is 15.3 Å². The summed E-state index contributed by atoms with van der Waals surface area (Å²) < 4.78 is 0. The van der Waals surface area contributed by atoms with Crippen LogP contribution in [-0.4, -0.2) is 13.6 Å². The zero-order valence-corrected chi connectivity index (χ0v) is 12.1. The van der Waals surface area contributed by atoms with Crippen LogP contribution in [0.4, 0.5) is 11.4 Å². The Hall–Kier alpha value is -1.51. The molecule has 0 aromatic heterocycles. The highest BCUT2D eigenvalue weighted by Gasteiger charge is 2.09. The Morgan fingerprint density at radius 1 is 1.11 bits per heavy atom. The molecule has 2 nitrogen and oxygen atoms in total. The molecular formula is C16H19ClN2. The Balaban J connectivity index is 2.32. The van der Waals surface area contributed by atoms with E-state index in [1.807, 2.05) is 30.3 Å². The standard InChI is InChI=1S/C16H19ClN2/c1-3-18-12-13-11-14(17)9-10-16(13)19(2)15-7-5-4-6-8-15/h4-11,18H,3,12H2,1-2H3. The Morgan fingerprint density at radius 2 is 1.84 bits per heavy atom. The number of para-hydroxylation sites is 1. The van der Waals surface area contributed by atoms with Gasteiger partial charge in [0, 0.05) is 30.0 Å². The molecule has 19 heavy (non-hydrogen) atoms. The lowest BCUT2D eigenvalue weighted by Crippen LogP contribution is -2.17. The van der Waals surface area contributed by atoms with E-state index in [1.165, 1.54) is 16.9 Å². The molecule has 2 aromatic carbocycles. The van der Waals surface area contributed by atoms with Crippen molar-refractivity contribution in [2.75, 3.05) is 18.5 Å². The molecule has 0 radical (unpaired) electrons. The fourth-order valence-corrected chi connectivity index (χ4v) is 2.27. The van der Waals surface area contributed by atoms with Crippen LogP contribution in [0.2, 0.25) is 5.02 Å². The molecule has 3 heteroatoms. The first-order valence-corrected chi connectivity index (χ1v) is 6.88. The number of hydrogen-bond acceptors (Lipinski definition) is 2. The summed E-state index contributed by atoms with van der Waals surface area (Å²) in [6.07, 6.45) is 0. The third kappa shape index (κ3) is 3.49. The fourth-order valence-electron chi connectivity index (χ4n) is 2.07. The third-order valence-electron chi connectivity index (χ3n) is 3.11. The van der Waals surface area contributed by atoms with Gasteiger partial charge in [0.05, 0.1) is 0 Å². The van der Waals surface area contributed by atoms with Crippen LogP contribution in [-0.2, 0) is 6.54 Å². The van der Waals surface area contributed by atoms with Crippen LogP contribution < -0.4 is 10.2 Å². The molecule has 0 aliphatic rings. The Kier molecular flexibility index (Phi) is 4.83. The lowest BCUT2D eigenvalue weighted by atomic mass is 10.1. The van der Waals surface area contributed by atoms with Crippen molar-refractivity contribution in [1.29, 1.82) is 0 Å². The van der Waals surface area contributed by atoms with Crippen molar-refractivity contribution >= 4 is 23.0 Å². The fraction of sp³-hybridized carbons (Fsp3) is 0.250. The SMILES string of the molecule is CCNCc1cc(Cl)ccc1N(C)c1ccccc1. The minimum absolute atomic E-state index is 0.776. The van der Waals surface area contributed by atoms with Crippen LogP contribution >= 0.6 is 11.6 Å². The minimum Gasteiger partial charge on any atom is -0.344 e. The summed E-state index contributed by atoms with van der Waals surface area (Å²) in [4.78, 5) is 2.18. The largest absolute Gasteiger partial charge is 0.344 e.